The van der Waals surface area contributed by atoms with Crippen molar-refractivity contribution in [1.82, 2.24) is 9.84 Å². The summed E-state index contributed by atoms with van der Waals surface area (Å²) < 4.78 is 20.7. The van der Waals surface area contributed by atoms with Gasteiger partial charge in [0.2, 0.25) is 0 Å². The van der Waals surface area contributed by atoms with Crippen LogP contribution in [0.4, 0.5) is 0 Å². The molecule has 0 aliphatic rings. The van der Waals surface area contributed by atoms with E-state index < -0.39 is 9.24 Å². The molecule has 0 rings (SSSR count). The second-order valence-electron chi connectivity index (χ2n) is 1.70. The summed E-state index contributed by atoms with van der Waals surface area (Å²) in [6.45, 7) is 4.86. The predicted molar refractivity (Wildman–Crippen MR) is 40.8 cm³/mol. The quantitative estimate of drug-likeness (QED) is 0.508. The maximum atomic E-state index is 10.4. The van der Waals surface area contributed by atoms with Crippen molar-refractivity contribution < 1.29 is 8.42 Å². The van der Waals surface area contributed by atoms with E-state index in [1.807, 2.05) is 13.8 Å². The van der Waals surface area contributed by atoms with Gasteiger partial charge in [0.05, 0.1) is 0 Å². The monoisotopic (exact) mass is 186 g/mol. The summed E-state index contributed by atoms with van der Waals surface area (Å²) >= 11 is 0. The van der Waals surface area contributed by atoms with Crippen LogP contribution in [0.1, 0.15) is 13.8 Å². The highest BCUT2D eigenvalue weighted by Gasteiger charge is 2.07. The van der Waals surface area contributed by atoms with Crippen LogP contribution >= 0.6 is 10.7 Å². The molecule has 0 aromatic rings. The number of nitrogens with one attached hydrogen (secondary N) is 1. The Bertz CT molecular complexity index is 176. The Balaban J connectivity index is 3.87. The van der Waals surface area contributed by atoms with Gasteiger partial charge in [-0.3, -0.25) is 0 Å². The molecule has 0 saturated heterocycles. The van der Waals surface area contributed by atoms with E-state index in [0.29, 0.717) is 13.1 Å². The van der Waals surface area contributed by atoms with Crippen LogP contribution in [0.3, 0.4) is 0 Å². The Morgan fingerprint density at radius 3 is 1.90 bits per heavy atom. The average molecular weight is 187 g/mol. The zero-order valence-electron chi connectivity index (χ0n) is 5.96. The Kier molecular flexibility index (Phi) is 4.19. The molecule has 6 heteroatoms. The Hall–Kier alpha value is 0.160. The highest BCUT2D eigenvalue weighted by atomic mass is 35.7. The number of rotatable bonds is 4. The topological polar surface area (TPSA) is 49.4 Å². The van der Waals surface area contributed by atoms with E-state index in [9.17, 15) is 8.42 Å². The molecule has 10 heavy (non-hydrogen) atoms. The van der Waals surface area contributed by atoms with Gasteiger partial charge < -0.3 is 0 Å². The van der Waals surface area contributed by atoms with E-state index >= 15 is 0 Å². The highest BCUT2D eigenvalue weighted by Crippen LogP contribution is 1.91. The molecule has 0 radical (unpaired) electrons. The molecule has 0 aliphatic carbocycles. The average Bonchev–Trinajstić information content (AvgIpc) is 1.81. The molecular formula is C4H11ClN2O2S. The van der Waals surface area contributed by atoms with Gasteiger partial charge in [0.15, 0.2) is 0 Å². The van der Waals surface area contributed by atoms with Gasteiger partial charge in [0, 0.05) is 23.8 Å². The standard InChI is InChI=1S/C4H11ClN2O2S/c1-3-7(4-2)6-10(5,8)9/h6H,3-4H2,1-2H3. The van der Waals surface area contributed by atoms with E-state index in [0.717, 1.165) is 0 Å². The fourth-order valence-corrected chi connectivity index (χ4v) is 1.37. The SMILES string of the molecule is CCN(CC)NS(=O)(=O)Cl. The summed E-state index contributed by atoms with van der Waals surface area (Å²) in [6, 6.07) is 0. The molecule has 0 spiro atoms. The molecule has 0 bridgehead atoms. The van der Waals surface area contributed by atoms with Gasteiger partial charge in [0.25, 0.3) is 0 Å². The lowest BCUT2D eigenvalue weighted by Gasteiger charge is -2.15. The normalized spacial score (nSPS) is 12.4. The molecule has 0 unspecified atom stereocenters. The van der Waals surface area contributed by atoms with Gasteiger partial charge in [-0.15, -0.1) is 4.83 Å². The third-order valence-electron chi connectivity index (χ3n) is 1.00. The summed E-state index contributed by atoms with van der Waals surface area (Å²) in [4.78, 5) is 2.13. The number of hydrazine groups is 1. The smallest absolute Gasteiger partial charge is 0.230 e. The minimum absolute atomic E-state index is 0.600. The zero-order valence-corrected chi connectivity index (χ0v) is 7.54. The van der Waals surface area contributed by atoms with Gasteiger partial charge in [-0.25, -0.2) is 5.01 Å². The predicted octanol–water partition coefficient (Wildman–Crippen LogP) is 0.316. The van der Waals surface area contributed by atoms with E-state index in [1.54, 1.807) is 0 Å². The van der Waals surface area contributed by atoms with Crippen LogP contribution in [-0.2, 0) is 9.24 Å². The van der Waals surface area contributed by atoms with E-state index in [2.05, 4.69) is 4.83 Å². The van der Waals surface area contributed by atoms with Gasteiger partial charge in [0.1, 0.15) is 0 Å². The molecular weight excluding hydrogens is 176 g/mol. The Labute approximate surface area is 65.7 Å². The highest BCUT2D eigenvalue weighted by molar-refractivity contribution is 8.12. The minimum atomic E-state index is -3.60. The summed E-state index contributed by atoms with van der Waals surface area (Å²) in [7, 11) is 1.31. The van der Waals surface area contributed by atoms with Crippen LogP contribution < -0.4 is 4.83 Å². The zero-order chi connectivity index (χ0) is 8.20. The summed E-state index contributed by atoms with van der Waals surface area (Å²) in [5.74, 6) is 0. The third kappa shape index (κ3) is 4.99. The van der Waals surface area contributed by atoms with Crippen LogP contribution in [-0.4, -0.2) is 26.5 Å². The second-order valence-corrected chi connectivity index (χ2v) is 3.98. The number of hydrogen-bond acceptors (Lipinski definition) is 3. The van der Waals surface area contributed by atoms with Crippen molar-refractivity contribution in [2.24, 2.45) is 0 Å². The summed E-state index contributed by atoms with van der Waals surface area (Å²) in [5, 5.41) is 1.49. The lowest BCUT2D eigenvalue weighted by molar-refractivity contribution is 0.270. The van der Waals surface area contributed by atoms with Crippen molar-refractivity contribution in [3.8, 4) is 0 Å². The van der Waals surface area contributed by atoms with E-state index in [-0.39, 0.29) is 0 Å². The first-order valence-electron chi connectivity index (χ1n) is 2.96. The third-order valence-corrected chi connectivity index (χ3v) is 1.68. The molecule has 62 valence electrons. The van der Waals surface area contributed by atoms with Crippen LogP contribution in [0, 0.1) is 0 Å². The maximum absolute atomic E-state index is 10.4. The minimum Gasteiger partial charge on any atom is -0.230 e. The molecule has 0 aromatic carbocycles. The molecule has 0 atom stereocenters. The first kappa shape index (κ1) is 10.2. The lowest BCUT2D eigenvalue weighted by Crippen LogP contribution is -2.39. The van der Waals surface area contributed by atoms with Gasteiger partial charge in [-0.1, -0.05) is 13.8 Å². The van der Waals surface area contributed by atoms with Crippen molar-refractivity contribution in [3.05, 3.63) is 0 Å². The fourth-order valence-electron chi connectivity index (χ4n) is 0.507. The molecule has 4 nitrogen and oxygen atoms in total. The fraction of sp³-hybridized carbons (Fsp3) is 1.00. The van der Waals surface area contributed by atoms with E-state index in [1.165, 1.54) is 5.01 Å². The molecule has 0 heterocycles. The van der Waals surface area contributed by atoms with Crippen molar-refractivity contribution >= 4 is 19.9 Å². The summed E-state index contributed by atoms with van der Waals surface area (Å²) in [6.07, 6.45) is 0. The number of halogens is 1. The lowest BCUT2D eigenvalue weighted by atomic mass is 10.6. The first-order chi connectivity index (χ1) is 4.49. The molecule has 0 amide bonds. The molecule has 0 aliphatic heterocycles. The van der Waals surface area contributed by atoms with Crippen molar-refractivity contribution in [2.75, 3.05) is 13.1 Å². The molecule has 0 aromatic heterocycles. The number of hydrogen-bond donors (Lipinski definition) is 1. The van der Waals surface area contributed by atoms with E-state index in [4.69, 9.17) is 10.7 Å². The van der Waals surface area contributed by atoms with Crippen molar-refractivity contribution in [1.29, 1.82) is 0 Å². The first-order valence-corrected chi connectivity index (χ1v) is 5.27. The van der Waals surface area contributed by atoms with Gasteiger partial charge in [-0.05, 0) is 0 Å². The summed E-state index contributed by atoms with van der Waals surface area (Å²) in [5.41, 5.74) is 0. The number of nitrogens with zero attached hydrogens (tertiary/aromatic N) is 1. The van der Waals surface area contributed by atoms with Gasteiger partial charge in [-0.2, -0.15) is 8.42 Å². The molecule has 0 fully saturated rings. The second kappa shape index (κ2) is 4.12. The van der Waals surface area contributed by atoms with Crippen LogP contribution in [0.2, 0.25) is 0 Å². The Morgan fingerprint density at radius 1 is 1.40 bits per heavy atom. The molecule has 1 N–H and O–H groups in total. The molecule has 0 saturated carbocycles. The van der Waals surface area contributed by atoms with Crippen LogP contribution in [0.15, 0.2) is 0 Å². The van der Waals surface area contributed by atoms with Crippen molar-refractivity contribution in [2.45, 2.75) is 13.8 Å². The maximum Gasteiger partial charge on any atom is 0.310 e. The Morgan fingerprint density at radius 2 is 1.80 bits per heavy atom. The van der Waals surface area contributed by atoms with Crippen LogP contribution in [0.5, 0.6) is 0 Å². The van der Waals surface area contributed by atoms with Crippen molar-refractivity contribution in [3.63, 3.8) is 0 Å². The van der Waals surface area contributed by atoms with Crippen LogP contribution in [0.25, 0.3) is 0 Å². The van der Waals surface area contributed by atoms with Gasteiger partial charge >= 0.3 is 9.24 Å². The largest absolute Gasteiger partial charge is 0.310 e.